The number of halogens is 4. The first kappa shape index (κ1) is 33.7. The number of aromatic nitrogens is 4. The second kappa shape index (κ2) is 13.1. The zero-order valence-electron chi connectivity index (χ0n) is 26.8. The maximum Gasteiger partial charge on any atom is 0.416 e. The fourth-order valence-electron chi connectivity index (χ4n) is 6.84. The molecule has 0 spiro atoms. The lowest BCUT2D eigenvalue weighted by Gasteiger charge is -2.44. The molecule has 1 aromatic carbocycles. The molecule has 1 aliphatic heterocycles. The van der Waals surface area contributed by atoms with Gasteiger partial charge >= 0.3 is 12.1 Å². The number of aromatic amines is 1. The van der Waals surface area contributed by atoms with Crippen molar-refractivity contribution in [3.05, 3.63) is 59.7 Å². The summed E-state index contributed by atoms with van der Waals surface area (Å²) in [7, 11) is 3.56. The molecule has 0 unspecified atom stereocenters. The number of anilines is 1. The van der Waals surface area contributed by atoms with E-state index < -0.39 is 29.1 Å². The molecule has 48 heavy (non-hydrogen) atoms. The molecular formula is C34H38F4N6O4. The molecule has 1 saturated carbocycles. The highest BCUT2D eigenvalue weighted by Crippen LogP contribution is 2.43. The van der Waals surface area contributed by atoms with E-state index >= 15 is 0 Å². The van der Waals surface area contributed by atoms with Gasteiger partial charge in [-0.1, -0.05) is 6.42 Å². The number of methoxy groups -OCH3 is 1. The van der Waals surface area contributed by atoms with E-state index in [0.717, 1.165) is 31.4 Å². The minimum atomic E-state index is -4.74. The number of alkyl halides is 3. The Morgan fingerprint density at radius 2 is 1.83 bits per heavy atom. The van der Waals surface area contributed by atoms with Gasteiger partial charge in [0.15, 0.2) is 5.65 Å². The zero-order valence-corrected chi connectivity index (χ0v) is 26.8. The van der Waals surface area contributed by atoms with Gasteiger partial charge in [0, 0.05) is 63.1 Å². The van der Waals surface area contributed by atoms with Crippen molar-refractivity contribution < 1.29 is 37.3 Å². The fraction of sp³-hybridized carbons (Fsp3) is 0.471. The van der Waals surface area contributed by atoms with Crippen molar-refractivity contribution in [1.82, 2.24) is 24.8 Å². The smallest absolute Gasteiger partial charge is 0.416 e. The van der Waals surface area contributed by atoms with Gasteiger partial charge in [-0.3, -0.25) is 9.78 Å². The molecule has 6 rings (SSSR count). The van der Waals surface area contributed by atoms with Gasteiger partial charge in [0.05, 0.1) is 35.7 Å². The molecule has 0 radical (unpaired) electrons. The van der Waals surface area contributed by atoms with Crippen LogP contribution in [0.25, 0.3) is 33.8 Å². The number of rotatable bonds is 11. The van der Waals surface area contributed by atoms with Gasteiger partial charge in [0.25, 0.3) is 0 Å². The summed E-state index contributed by atoms with van der Waals surface area (Å²) in [5, 5.41) is 20.3. The van der Waals surface area contributed by atoms with Gasteiger partial charge in [-0.05, 0) is 62.1 Å². The van der Waals surface area contributed by atoms with Crippen molar-refractivity contribution in [3.63, 3.8) is 0 Å². The van der Waals surface area contributed by atoms with E-state index in [0.29, 0.717) is 80.0 Å². The van der Waals surface area contributed by atoms with Gasteiger partial charge in [-0.2, -0.15) is 13.2 Å². The van der Waals surface area contributed by atoms with Crippen molar-refractivity contribution in [2.75, 3.05) is 51.8 Å². The predicted octanol–water partition coefficient (Wildman–Crippen LogP) is 5.86. The maximum atomic E-state index is 14.5. The van der Waals surface area contributed by atoms with Crippen LogP contribution in [0.4, 0.5) is 23.2 Å². The molecule has 3 N–H and O–H groups in total. The number of fused-ring (bicyclic) bond motifs is 1. The monoisotopic (exact) mass is 670 g/mol. The fourth-order valence-corrected chi connectivity index (χ4v) is 6.84. The summed E-state index contributed by atoms with van der Waals surface area (Å²) in [5.74, 6) is -1.46. The quantitative estimate of drug-likeness (QED) is 0.168. The number of ether oxygens (including phenoxy) is 1. The molecule has 1 aliphatic carbocycles. The lowest BCUT2D eigenvalue weighted by Crippen LogP contribution is -2.44. The Kier molecular flexibility index (Phi) is 9.18. The minimum Gasteiger partial charge on any atom is -0.481 e. The van der Waals surface area contributed by atoms with Crippen LogP contribution in [-0.4, -0.2) is 88.0 Å². The number of carboxylic acids is 1. The predicted molar refractivity (Wildman–Crippen MR) is 171 cm³/mol. The number of aliphatic hydroxyl groups is 1. The van der Waals surface area contributed by atoms with E-state index in [1.165, 1.54) is 0 Å². The molecule has 256 valence electrons. The second-order valence-electron chi connectivity index (χ2n) is 13.1. The molecule has 4 aromatic rings. The van der Waals surface area contributed by atoms with Crippen molar-refractivity contribution in [2.24, 2.45) is 5.41 Å². The van der Waals surface area contributed by atoms with Crippen molar-refractivity contribution in [3.8, 4) is 22.6 Å². The first-order valence-corrected chi connectivity index (χ1v) is 15.9. The highest BCUT2D eigenvalue weighted by Gasteiger charge is 2.39. The standard InChI is InChI=1S/C34H38F4N6O4/c1-43(19-32(20-48-2)7-3-8-32)26-17-25(22-14-23(34(36,37)38)16-24(35)15-22)40-31-29(26)41-30(42-31)21-4-5-27(39-18-21)33(47)9-12-44(13-10-33)11-6-28(45)46/h4-5,14-18,47H,3,6-13,19-20H2,1-2H3,(H,45,46)(H,40,41,42). The van der Waals surface area contributed by atoms with Crippen molar-refractivity contribution in [1.29, 1.82) is 0 Å². The lowest BCUT2D eigenvalue weighted by molar-refractivity contribution is -0.138. The number of hydrogen-bond donors (Lipinski definition) is 3. The molecule has 0 atom stereocenters. The Bertz CT molecular complexity index is 1780. The maximum absolute atomic E-state index is 14.5. The SMILES string of the molecule is COCC1(CN(C)c2cc(-c3cc(F)cc(C(F)(F)F)c3)nc3nc(-c4ccc(C5(O)CCN(CCC(=O)O)CC5)nc4)[nH]c23)CCC1. The molecule has 14 heteroatoms. The topological polar surface area (TPSA) is 128 Å². The number of nitrogens with one attached hydrogen (secondary N) is 1. The molecule has 1 saturated heterocycles. The summed E-state index contributed by atoms with van der Waals surface area (Å²) in [5.41, 5.74) is 0.340. The summed E-state index contributed by atoms with van der Waals surface area (Å²) in [6.07, 6.45) is 0.749. The van der Waals surface area contributed by atoms with Gasteiger partial charge < -0.3 is 29.7 Å². The summed E-state index contributed by atoms with van der Waals surface area (Å²) in [4.78, 5) is 32.1. The lowest BCUT2D eigenvalue weighted by atomic mass is 9.69. The van der Waals surface area contributed by atoms with E-state index in [4.69, 9.17) is 9.84 Å². The Labute approximate surface area is 274 Å². The third-order valence-electron chi connectivity index (χ3n) is 9.65. The molecule has 10 nitrogen and oxygen atoms in total. The van der Waals surface area contributed by atoms with E-state index in [-0.39, 0.29) is 28.7 Å². The van der Waals surface area contributed by atoms with E-state index in [1.54, 1.807) is 31.5 Å². The Morgan fingerprint density at radius 1 is 1.08 bits per heavy atom. The van der Waals surface area contributed by atoms with Gasteiger partial charge in [0.2, 0.25) is 0 Å². The van der Waals surface area contributed by atoms with Crippen LogP contribution in [0.2, 0.25) is 0 Å². The van der Waals surface area contributed by atoms with Crippen LogP contribution < -0.4 is 4.90 Å². The van der Waals surface area contributed by atoms with Crippen LogP contribution in [0.15, 0.2) is 42.6 Å². The van der Waals surface area contributed by atoms with Crippen molar-refractivity contribution in [2.45, 2.75) is 50.3 Å². The molecule has 0 amide bonds. The first-order valence-electron chi connectivity index (χ1n) is 15.9. The number of nitrogens with zero attached hydrogens (tertiary/aromatic N) is 5. The molecule has 2 aliphatic rings. The highest BCUT2D eigenvalue weighted by molar-refractivity contribution is 5.91. The van der Waals surface area contributed by atoms with E-state index in [2.05, 4.69) is 19.9 Å². The Morgan fingerprint density at radius 3 is 2.44 bits per heavy atom. The molecule has 0 bridgehead atoms. The number of pyridine rings is 2. The number of H-pyrrole nitrogens is 1. The van der Waals surface area contributed by atoms with Gasteiger partial charge in [-0.15, -0.1) is 0 Å². The molecular weight excluding hydrogens is 632 g/mol. The number of benzene rings is 1. The number of carbonyl (C=O) groups is 1. The van der Waals surface area contributed by atoms with E-state index in [9.17, 15) is 27.5 Å². The third kappa shape index (κ3) is 7.01. The van der Waals surface area contributed by atoms with Crippen LogP contribution in [0.5, 0.6) is 0 Å². The Balaban J connectivity index is 1.33. The number of hydrogen-bond acceptors (Lipinski definition) is 8. The van der Waals surface area contributed by atoms with Crippen molar-refractivity contribution >= 4 is 22.8 Å². The third-order valence-corrected chi connectivity index (χ3v) is 9.65. The number of aliphatic carboxylic acids is 1. The molecule has 3 aromatic heterocycles. The van der Waals surface area contributed by atoms with Gasteiger partial charge in [-0.25, -0.2) is 14.4 Å². The number of likely N-dealkylation sites (tertiary alicyclic amines) is 1. The average molecular weight is 671 g/mol. The summed E-state index contributed by atoms with van der Waals surface area (Å²) in [6, 6.07) is 7.54. The normalized spacial score (nSPS) is 17.7. The number of piperidine rings is 1. The summed E-state index contributed by atoms with van der Waals surface area (Å²) >= 11 is 0. The molecule has 2 fully saturated rings. The van der Waals surface area contributed by atoms with Crippen LogP contribution in [0.1, 0.15) is 49.8 Å². The van der Waals surface area contributed by atoms with Crippen LogP contribution in [-0.2, 0) is 21.3 Å². The second-order valence-corrected chi connectivity index (χ2v) is 13.1. The van der Waals surface area contributed by atoms with Gasteiger partial charge in [0.1, 0.15) is 22.8 Å². The summed E-state index contributed by atoms with van der Waals surface area (Å²) < 4.78 is 60.8. The molecule has 4 heterocycles. The largest absolute Gasteiger partial charge is 0.481 e. The van der Waals surface area contributed by atoms with Crippen LogP contribution in [0, 0.1) is 11.2 Å². The van der Waals surface area contributed by atoms with E-state index in [1.807, 2.05) is 16.8 Å². The highest BCUT2D eigenvalue weighted by atomic mass is 19.4. The van der Waals surface area contributed by atoms with Crippen LogP contribution >= 0.6 is 0 Å². The minimum absolute atomic E-state index is 0.0213. The first-order chi connectivity index (χ1) is 22.8. The van der Waals surface area contributed by atoms with Crippen LogP contribution in [0.3, 0.4) is 0 Å². The Hall–Kier alpha value is -4.14. The number of carboxylic acid groups (broad SMARTS) is 1. The number of imidazole rings is 1. The summed E-state index contributed by atoms with van der Waals surface area (Å²) in [6.45, 7) is 2.70. The zero-order chi connectivity index (χ0) is 34.3. The average Bonchev–Trinajstić information content (AvgIpc) is 3.47.